The first-order valence-electron chi connectivity index (χ1n) is 8.87. The summed E-state index contributed by atoms with van der Waals surface area (Å²) >= 11 is 6.15. The van der Waals surface area contributed by atoms with E-state index in [2.05, 4.69) is 5.32 Å². The summed E-state index contributed by atoms with van der Waals surface area (Å²) in [5.74, 6) is -0.575. The van der Waals surface area contributed by atoms with Gasteiger partial charge in [0.1, 0.15) is 6.04 Å². The molecule has 1 aliphatic heterocycles. The normalized spacial score (nSPS) is 27.4. The van der Waals surface area contributed by atoms with E-state index < -0.39 is 6.04 Å². The fraction of sp³-hybridized carbons (Fsp3) is 0.579. The summed E-state index contributed by atoms with van der Waals surface area (Å²) in [6.45, 7) is 0. The lowest BCUT2D eigenvalue weighted by molar-refractivity contribution is -0.145. The summed E-state index contributed by atoms with van der Waals surface area (Å²) in [7, 11) is 3.26. The van der Waals surface area contributed by atoms with Crippen LogP contribution in [0.1, 0.15) is 43.7 Å². The Bertz CT molecular complexity index is 645. The van der Waals surface area contributed by atoms with Crippen LogP contribution in [0.3, 0.4) is 0 Å². The summed E-state index contributed by atoms with van der Waals surface area (Å²) in [4.78, 5) is 27.0. The molecule has 1 saturated carbocycles. The van der Waals surface area contributed by atoms with Crippen molar-refractivity contribution in [1.29, 1.82) is 0 Å². The highest BCUT2D eigenvalue weighted by Crippen LogP contribution is 2.41. The maximum Gasteiger partial charge on any atom is 0.323 e. The maximum atomic E-state index is 12.9. The van der Waals surface area contributed by atoms with Gasteiger partial charge in [-0.05, 0) is 44.0 Å². The third kappa shape index (κ3) is 3.82. The number of carbonyl (C=O) groups is 2. The van der Waals surface area contributed by atoms with Gasteiger partial charge >= 0.3 is 5.97 Å². The summed E-state index contributed by atoms with van der Waals surface area (Å²) in [6, 6.07) is 7.17. The Morgan fingerprint density at radius 3 is 2.64 bits per heavy atom. The van der Waals surface area contributed by atoms with Crippen LogP contribution in [0.15, 0.2) is 24.3 Å². The first-order valence-corrected chi connectivity index (χ1v) is 9.24. The third-order valence-corrected chi connectivity index (χ3v) is 5.73. The van der Waals surface area contributed by atoms with Crippen LogP contribution in [0.4, 0.5) is 0 Å². The largest absolute Gasteiger partial charge is 0.468 e. The second kappa shape index (κ2) is 7.75. The van der Waals surface area contributed by atoms with Crippen LogP contribution in [0, 0.1) is 5.92 Å². The summed E-state index contributed by atoms with van der Waals surface area (Å²) in [5.41, 5.74) is 0.952. The van der Waals surface area contributed by atoms with Gasteiger partial charge in [0.05, 0.1) is 13.0 Å². The molecule has 1 N–H and O–H groups in total. The number of amides is 1. The fourth-order valence-corrected chi connectivity index (χ4v) is 4.40. The molecule has 5 nitrogen and oxygen atoms in total. The molecule has 1 heterocycles. The minimum Gasteiger partial charge on any atom is -0.468 e. The molecule has 0 radical (unpaired) electrons. The number of hydrogen-bond acceptors (Lipinski definition) is 4. The first kappa shape index (κ1) is 18.2. The first-order chi connectivity index (χ1) is 12.0. The standard InChI is InChI=1S/C19H25ClN2O3/c1-22-16(19(24)25-2)11-15(18(23)21-14-8-3-4-9-14)17(22)12-6-5-7-13(20)10-12/h5-7,10,14-17H,3-4,8-9,11H2,1-2H3,(H,21,23)/t15-,16-,17-/m0/s1. The van der Waals surface area contributed by atoms with Gasteiger partial charge in [-0.25, -0.2) is 0 Å². The molecule has 25 heavy (non-hydrogen) atoms. The molecular formula is C19H25ClN2O3. The average molecular weight is 365 g/mol. The van der Waals surface area contributed by atoms with E-state index in [0.717, 1.165) is 31.2 Å². The quantitative estimate of drug-likeness (QED) is 0.834. The molecule has 1 saturated heterocycles. The molecule has 1 aromatic rings. The molecular weight excluding hydrogens is 340 g/mol. The number of ether oxygens (including phenoxy) is 1. The van der Waals surface area contributed by atoms with E-state index in [-0.39, 0.29) is 29.9 Å². The Labute approximate surface area is 153 Å². The van der Waals surface area contributed by atoms with Crippen LogP contribution in [-0.4, -0.2) is 43.0 Å². The number of nitrogens with zero attached hydrogens (tertiary/aromatic N) is 1. The van der Waals surface area contributed by atoms with Gasteiger partial charge in [-0.1, -0.05) is 36.6 Å². The molecule has 3 rings (SSSR count). The van der Waals surface area contributed by atoms with E-state index in [4.69, 9.17) is 16.3 Å². The zero-order chi connectivity index (χ0) is 18.0. The predicted octanol–water partition coefficient (Wildman–Crippen LogP) is 2.93. The number of carbonyl (C=O) groups excluding carboxylic acids is 2. The van der Waals surface area contributed by atoms with E-state index in [0.29, 0.717) is 11.4 Å². The fourth-order valence-electron chi connectivity index (χ4n) is 4.20. The lowest BCUT2D eigenvalue weighted by Gasteiger charge is -2.27. The van der Waals surface area contributed by atoms with Crippen molar-refractivity contribution >= 4 is 23.5 Å². The summed E-state index contributed by atoms with van der Waals surface area (Å²) in [5, 5.41) is 3.81. The topological polar surface area (TPSA) is 58.6 Å². The van der Waals surface area contributed by atoms with Gasteiger partial charge in [0, 0.05) is 17.1 Å². The van der Waals surface area contributed by atoms with E-state index in [1.54, 1.807) is 0 Å². The van der Waals surface area contributed by atoms with E-state index >= 15 is 0 Å². The van der Waals surface area contributed by atoms with Gasteiger partial charge < -0.3 is 10.1 Å². The number of likely N-dealkylation sites (N-methyl/N-ethyl adjacent to an activating group) is 1. The average Bonchev–Trinajstić information content (AvgIpc) is 3.21. The summed E-state index contributed by atoms with van der Waals surface area (Å²) < 4.78 is 4.94. The Morgan fingerprint density at radius 1 is 1.28 bits per heavy atom. The lowest BCUT2D eigenvalue weighted by atomic mass is 9.92. The Hall–Kier alpha value is -1.59. The molecule has 0 spiro atoms. The van der Waals surface area contributed by atoms with Crippen molar-refractivity contribution in [3.05, 3.63) is 34.9 Å². The van der Waals surface area contributed by atoms with E-state index in [1.807, 2.05) is 36.2 Å². The Kier molecular flexibility index (Phi) is 5.64. The molecule has 0 bridgehead atoms. The van der Waals surface area contributed by atoms with Gasteiger partial charge in [0.25, 0.3) is 0 Å². The molecule has 6 heteroatoms. The second-order valence-corrected chi connectivity index (χ2v) is 7.47. The minimum atomic E-state index is -0.423. The number of hydrogen-bond donors (Lipinski definition) is 1. The summed E-state index contributed by atoms with van der Waals surface area (Å²) in [6.07, 6.45) is 4.86. The highest BCUT2D eigenvalue weighted by molar-refractivity contribution is 6.30. The molecule has 3 atom stereocenters. The van der Waals surface area contributed by atoms with Crippen LogP contribution in [-0.2, 0) is 14.3 Å². The number of rotatable bonds is 4. The number of halogens is 1. The van der Waals surface area contributed by atoms with E-state index in [9.17, 15) is 9.59 Å². The second-order valence-electron chi connectivity index (χ2n) is 7.04. The smallest absolute Gasteiger partial charge is 0.323 e. The molecule has 2 fully saturated rings. The molecule has 0 aromatic heterocycles. The molecule has 136 valence electrons. The minimum absolute atomic E-state index is 0.0233. The number of methoxy groups -OCH3 is 1. The van der Waals surface area contributed by atoms with Gasteiger partial charge in [-0.3, -0.25) is 14.5 Å². The van der Waals surface area contributed by atoms with Crippen LogP contribution >= 0.6 is 11.6 Å². The van der Waals surface area contributed by atoms with Crippen LogP contribution in [0.25, 0.3) is 0 Å². The lowest BCUT2D eigenvalue weighted by Crippen LogP contribution is -2.39. The van der Waals surface area contributed by atoms with Crippen LogP contribution in [0.5, 0.6) is 0 Å². The molecule has 1 aromatic carbocycles. The van der Waals surface area contributed by atoms with Crippen molar-refractivity contribution < 1.29 is 14.3 Å². The highest BCUT2D eigenvalue weighted by Gasteiger charge is 2.47. The monoisotopic (exact) mass is 364 g/mol. The van der Waals surface area contributed by atoms with E-state index in [1.165, 1.54) is 7.11 Å². The van der Waals surface area contributed by atoms with Crippen molar-refractivity contribution in [2.45, 2.75) is 50.2 Å². The van der Waals surface area contributed by atoms with Crippen molar-refractivity contribution in [3.8, 4) is 0 Å². The number of esters is 1. The van der Waals surface area contributed by atoms with Gasteiger partial charge in [-0.2, -0.15) is 0 Å². The molecule has 0 unspecified atom stereocenters. The number of likely N-dealkylation sites (tertiary alicyclic amines) is 1. The highest BCUT2D eigenvalue weighted by atomic mass is 35.5. The SMILES string of the molecule is COC(=O)[C@@H]1C[C@H](C(=O)NC2CCCC2)[C@H](c2cccc(Cl)c2)N1C. The van der Waals surface area contributed by atoms with Crippen molar-refractivity contribution in [2.24, 2.45) is 5.92 Å². The van der Waals surface area contributed by atoms with Crippen LogP contribution in [0.2, 0.25) is 5.02 Å². The predicted molar refractivity (Wildman–Crippen MR) is 96.3 cm³/mol. The maximum absolute atomic E-state index is 12.9. The molecule has 1 aliphatic carbocycles. The molecule has 2 aliphatic rings. The number of nitrogens with one attached hydrogen (secondary N) is 1. The Morgan fingerprint density at radius 2 is 2.00 bits per heavy atom. The number of benzene rings is 1. The van der Waals surface area contributed by atoms with Crippen LogP contribution < -0.4 is 5.32 Å². The van der Waals surface area contributed by atoms with Crippen molar-refractivity contribution in [3.63, 3.8) is 0 Å². The third-order valence-electron chi connectivity index (χ3n) is 5.49. The van der Waals surface area contributed by atoms with Gasteiger partial charge in [0.15, 0.2) is 0 Å². The van der Waals surface area contributed by atoms with Gasteiger partial charge in [0.2, 0.25) is 5.91 Å². The zero-order valence-electron chi connectivity index (χ0n) is 14.7. The molecule has 1 amide bonds. The van der Waals surface area contributed by atoms with Crippen molar-refractivity contribution in [2.75, 3.05) is 14.2 Å². The zero-order valence-corrected chi connectivity index (χ0v) is 15.5. The Balaban J connectivity index is 1.86. The van der Waals surface area contributed by atoms with Gasteiger partial charge in [-0.15, -0.1) is 0 Å². The van der Waals surface area contributed by atoms with Crippen molar-refractivity contribution in [1.82, 2.24) is 10.2 Å².